The van der Waals surface area contributed by atoms with Crippen molar-refractivity contribution in [1.29, 1.82) is 0 Å². The molecule has 14 atom stereocenters. The first-order valence-corrected chi connectivity index (χ1v) is 16.6. The van der Waals surface area contributed by atoms with Crippen LogP contribution in [0.2, 0.25) is 0 Å². The van der Waals surface area contributed by atoms with Gasteiger partial charge in [0.15, 0.2) is 5.60 Å². The number of hydrogen-bond acceptors (Lipinski definition) is 15. The van der Waals surface area contributed by atoms with E-state index in [1.54, 1.807) is 33.8 Å². The number of ether oxygens (including phenoxy) is 8. The highest BCUT2D eigenvalue weighted by molar-refractivity contribution is 5.86. The molecule has 0 aromatic carbocycles. The summed E-state index contributed by atoms with van der Waals surface area (Å²) < 4.78 is 55.1. The van der Waals surface area contributed by atoms with E-state index in [4.69, 9.17) is 42.3 Å². The zero-order valence-electron chi connectivity index (χ0n) is 28.9. The molecule has 1 N–H and O–H groups in total. The average molecular weight is 701 g/mol. The van der Waals surface area contributed by atoms with Crippen LogP contribution in [-0.4, -0.2) is 89.3 Å². The van der Waals surface area contributed by atoms with E-state index in [2.05, 4.69) is 0 Å². The van der Waals surface area contributed by atoms with Gasteiger partial charge in [-0.05, 0) is 25.0 Å². The lowest BCUT2D eigenvalue weighted by molar-refractivity contribution is -0.419. The molecule has 6 fully saturated rings. The van der Waals surface area contributed by atoms with Gasteiger partial charge in [-0.2, -0.15) is 0 Å². The zero-order valence-corrected chi connectivity index (χ0v) is 28.9. The number of hydrogen-bond donors (Lipinski definition) is 1. The average Bonchev–Trinajstić information content (AvgIpc) is 3.78. The van der Waals surface area contributed by atoms with Crippen molar-refractivity contribution in [2.45, 2.75) is 115 Å². The van der Waals surface area contributed by atoms with E-state index in [9.17, 15) is 29.1 Å². The van der Waals surface area contributed by atoms with Crippen LogP contribution < -0.4 is 0 Å². The summed E-state index contributed by atoms with van der Waals surface area (Å²) >= 11 is 0. The maximum atomic E-state index is 13.7. The molecule has 1 aromatic heterocycles. The lowest BCUT2D eigenvalue weighted by atomic mass is 9.35. The van der Waals surface area contributed by atoms with Gasteiger partial charge in [0.25, 0.3) is 5.97 Å². The zero-order chi connectivity index (χ0) is 36.2. The standard InChI is InChI=1S/C35H40O15/c1-15(36)44-20-12-34-31(6)24(23(28(40)42-8)45-16(2)37)29(4)14-33(31,41)22(26(29)46-17(3)38)27-35(34,50-32(7,48-27)49-34)19-11-21(39)47-25(30(19,20)5)18-9-10-43-13-18/h9-11,13,20,22-27,41H,12,14H2,1-8H3/t20?,22?,23-,24?,25-,26-,27-,29+,30?,31-,32+,33+,34+,35-/m0/s1. The lowest BCUT2D eigenvalue weighted by Gasteiger charge is -2.74. The topological polar surface area (TPSA) is 193 Å². The Hall–Kier alpha value is -3.79. The van der Waals surface area contributed by atoms with Gasteiger partial charge < -0.3 is 47.4 Å². The van der Waals surface area contributed by atoms with Gasteiger partial charge in [0, 0.05) is 62.5 Å². The van der Waals surface area contributed by atoms with Crippen molar-refractivity contribution in [2.75, 3.05) is 7.11 Å². The smallest absolute Gasteiger partial charge is 0.347 e. The Labute approximate surface area is 286 Å². The van der Waals surface area contributed by atoms with Gasteiger partial charge >= 0.3 is 29.8 Å². The van der Waals surface area contributed by atoms with E-state index in [0.717, 1.165) is 14.0 Å². The minimum absolute atomic E-state index is 0.0372. The number of esters is 5. The predicted octanol–water partition coefficient (Wildman–Crippen LogP) is 2.19. The van der Waals surface area contributed by atoms with E-state index < -0.39 is 111 Å². The molecule has 4 saturated carbocycles. The molecule has 4 bridgehead atoms. The van der Waals surface area contributed by atoms with Gasteiger partial charge in [-0.1, -0.05) is 13.8 Å². The van der Waals surface area contributed by atoms with Crippen molar-refractivity contribution >= 4 is 29.8 Å². The van der Waals surface area contributed by atoms with E-state index in [-0.39, 0.29) is 12.8 Å². The number of furan rings is 1. The van der Waals surface area contributed by atoms with E-state index >= 15 is 0 Å². The Bertz CT molecular complexity index is 1770. The molecule has 15 nitrogen and oxygen atoms in total. The van der Waals surface area contributed by atoms with Gasteiger partial charge in [-0.3, -0.25) is 14.4 Å². The second-order valence-corrected chi connectivity index (χ2v) is 15.6. The molecule has 8 rings (SSSR count). The summed E-state index contributed by atoms with van der Waals surface area (Å²) in [6, 6.07) is 1.64. The summed E-state index contributed by atoms with van der Waals surface area (Å²) in [6.45, 7) is 10.5. The predicted molar refractivity (Wildman–Crippen MR) is 161 cm³/mol. The number of carbonyl (C=O) groups is 5. The number of cyclic esters (lactones) is 1. The highest BCUT2D eigenvalue weighted by Gasteiger charge is 2.99. The molecule has 15 heteroatoms. The van der Waals surface area contributed by atoms with E-state index in [1.165, 1.54) is 32.4 Å². The van der Waals surface area contributed by atoms with Crippen LogP contribution in [0.3, 0.4) is 0 Å². The molecule has 1 spiro atoms. The normalized spacial score (nSPS) is 49.2. The number of methoxy groups -OCH3 is 1. The first-order valence-electron chi connectivity index (χ1n) is 16.6. The maximum Gasteiger partial charge on any atom is 0.347 e. The molecule has 2 saturated heterocycles. The van der Waals surface area contributed by atoms with Crippen LogP contribution in [0.4, 0.5) is 0 Å². The van der Waals surface area contributed by atoms with Gasteiger partial charge in [0.2, 0.25) is 6.10 Å². The molecular weight excluding hydrogens is 660 g/mol. The third-order valence-electron chi connectivity index (χ3n) is 13.3. The van der Waals surface area contributed by atoms with Crippen molar-refractivity contribution in [2.24, 2.45) is 28.1 Å². The van der Waals surface area contributed by atoms with Gasteiger partial charge in [-0.25, -0.2) is 9.59 Å². The monoisotopic (exact) mass is 700 g/mol. The minimum atomic E-state index is -1.84. The van der Waals surface area contributed by atoms with Crippen LogP contribution in [0.15, 0.2) is 34.7 Å². The molecule has 4 aliphatic carbocycles. The van der Waals surface area contributed by atoms with E-state index in [1.807, 2.05) is 0 Å². The van der Waals surface area contributed by atoms with Crippen LogP contribution in [0, 0.1) is 28.1 Å². The summed E-state index contributed by atoms with van der Waals surface area (Å²) in [7, 11) is 1.15. The number of rotatable bonds is 6. The summed E-state index contributed by atoms with van der Waals surface area (Å²) in [5.41, 5.74) is -8.73. The van der Waals surface area contributed by atoms with Crippen LogP contribution >= 0.6 is 0 Å². The van der Waals surface area contributed by atoms with Crippen molar-refractivity contribution in [3.63, 3.8) is 0 Å². The SMILES string of the molecule is COC(=O)[C@@H](OC(C)=O)C1[C@]2(C)[C@]34CC(OC(C)=O)C5(C)C(=CC(=O)O[C@H]5c5ccoc5)[C@@]35O[C@](C)(O[C@H]5C3[C@H](OC(C)=O)[C@]1(C)C[C@@]32O)O4. The maximum absolute atomic E-state index is 13.7. The van der Waals surface area contributed by atoms with Crippen molar-refractivity contribution in [3.8, 4) is 0 Å². The Morgan fingerprint density at radius 3 is 2.30 bits per heavy atom. The van der Waals surface area contributed by atoms with Crippen LogP contribution in [-0.2, 0) is 61.9 Å². The molecule has 0 amide bonds. The largest absolute Gasteiger partial charge is 0.472 e. The molecule has 270 valence electrons. The van der Waals surface area contributed by atoms with Crippen LogP contribution in [0.1, 0.15) is 73.0 Å². The van der Waals surface area contributed by atoms with Crippen molar-refractivity contribution < 1.29 is 71.4 Å². The van der Waals surface area contributed by atoms with Gasteiger partial charge in [0.05, 0.1) is 36.6 Å². The van der Waals surface area contributed by atoms with E-state index in [0.29, 0.717) is 11.1 Å². The molecule has 4 unspecified atom stereocenters. The molecular formula is C35H40O15. The fourth-order valence-electron chi connectivity index (χ4n) is 12.1. The summed E-state index contributed by atoms with van der Waals surface area (Å²) in [5.74, 6) is -7.67. The quantitative estimate of drug-likeness (QED) is 0.335. The van der Waals surface area contributed by atoms with Gasteiger partial charge in [0.1, 0.15) is 30.0 Å². The minimum Gasteiger partial charge on any atom is -0.472 e. The molecule has 1 aromatic rings. The third-order valence-corrected chi connectivity index (χ3v) is 13.3. The second-order valence-electron chi connectivity index (χ2n) is 15.6. The Morgan fingerprint density at radius 1 is 1.00 bits per heavy atom. The number of aliphatic hydroxyl groups is 1. The van der Waals surface area contributed by atoms with Crippen molar-refractivity contribution in [3.05, 3.63) is 35.8 Å². The molecule has 4 heterocycles. The first-order chi connectivity index (χ1) is 23.3. The molecule has 0 radical (unpaired) electrons. The fraction of sp³-hybridized carbons (Fsp3) is 0.686. The summed E-state index contributed by atoms with van der Waals surface area (Å²) in [6.07, 6.45) is -1.99. The fourth-order valence-corrected chi connectivity index (χ4v) is 12.1. The summed E-state index contributed by atoms with van der Waals surface area (Å²) in [4.78, 5) is 65.9. The molecule has 7 aliphatic rings. The number of carbonyl (C=O) groups excluding carboxylic acids is 5. The lowest BCUT2D eigenvalue weighted by Crippen LogP contribution is -2.88. The van der Waals surface area contributed by atoms with Crippen LogP contribution in [0.25, 0.3) is 0 Å². The summed E-state index contributed by atoms with van der Waals surface area (Å²) in [5, 5.41) is 13.3. The second kappa shape index (κ2) is 9.75. The molecule has 3 aliphatic heterocycles. The first kappa shape index (κ1) is 33.4. The van der Waals surface area contributed by atoms with Gasteiger partial charge in [-0.15, -0.1) is 0 Å². The Morgan fingerprint density at radius 2 is 1.70 bits per heavy atom. The molecule has 50 heavy (non-hydrogen) atoms. The number of fused-ring (bicyclic) bond motifs is 4. The van der Waals surface area contributed by atoms with Crippen LogP contribution in [0.5, 0.6) is 0 Å². The van der Waals surface area contributed by atoms with Crippen molar-refractivity contribution in [1.82, 2.24) is 0 Å². The Balaban J connectivity index is 1.47. The highest BCUT2D eigenvalue weighted by Crippen LogP contribution is 2.87. The third kappa shape index (κ3) is 3.47. The highest BCUT2D eigenvalue weighted by atomic mass is 16.9. The Kier molecular flexibility index (Phi) is 6.50.